The summed E-state index contributed by atoms with van der Waals surface area (Å²) in [4.78, 5) is 45.9. The maximum absolute atomic E-state index is 11.9. The maximum atomic E-state index is 11.9. The van der Waals surface area contributed by atoms with Crippen LogP contribution < -0.4 is 10.6 Å². The van der Waals surface area contributed by atoms with Crippen molar-refractivity contribution in [2.75, 3.05) is 37.1 Å². The van der Waals surface area contributed by atoms with Gasteiger partial charge in [-0.05, 0) is 101 Å². The number of anilines is 2. The molecule has 318 valence electrons. The highest BCUT2D eigenvalue weighted by molar-refractivity contribution is 5.87. The highest BCUT2D eigenvalue weighted by atomic mass is 16.6. The zero-order chi connectivity index (χ0) is 43.4. The van der Waals surface area contributed by atoms with E-state index in [0.29, 0.717) is 76.1 Å². The predicted molar refractivity (Wildman–Crippen MR) is 231 cm³/mol. The van der Waals surface area contributed by atoms with E-state index < -0.39 is 24.1 Å². The average molecular weight is 793 g/mol. The Bertz CT molecular complexity index is 1530. The van der Waals surface area contributed by atoms with E-state index in [1.165, 1.54) is 11.1 Å². The first-order chi connectivity index (χ1) is 26.7. The van der Waals surface area contributed by atoms with Crippen molar-refractivity contribution in [3.05, 3.63) is 84.5 Å². The molecule has 0 aliphatic carbocycles. The molecule has 0 saturated carbocycles. The first kappa shape index (κ1) is 50.4. The van der Waals surface area contributed by atoms with Gasteiger partial charge in [0.25, 0.3) is 0 Å². The molecule has 0 heterocycles. The minimum atomic E-state index is -0.579. The monoisotopic (exact) mass is 793 g/mol. The Labute approximate surface area is 343 Å². The molecule has 0 fully saturated rings. The van der Waals surface area contributed by atoms with Gasteiger partial charge in [0.1, 0.15) is 26.4 Å². The van der Waals surface area contributed by atoms with E-state index in [4.69, 9.17) is 18.9 Å². The van der Waals surface area contributed by atoms with Crippen LogP contribution in [0.2, 0.25) is 0 Å². The second-order valence-corrected chi connectivity index (χ2v) is 16.7. The van der Waals surface area contributed by atoms with E-state index in [1.807, 2.05) is 24.3 Å². The second kappa shape index (κ2) is 25.6. The number of hydrogen-bond acceptors (Lipinski definition) is 8. The molecule has 2 atom stereocenters. The fraction of sp³-hybridized carbons (Fsp3) is 0.574. The molecule has 0 radical (unpaired) electrons. The Hall–Kier alpha value is -4.60. The van der Waals surface area contributed by atoms with Crippen molar-refractivity contribution in [3.8, 4) is 0 Å². The van der Waals surface area contributed by atoms with Crippen LogP contribution in [0.5, 0.6) is 0 Å². The zero-order valence-corrected chi connectivity index (χ0v) is 37.0. The first-order valence-electron chi connectivity index (χ1n) is 20.4. The number of carbonyl (C=O) groups is 4. The van der Waals surface area contributed by atoms with E-state index in [9.17, 15) is 19.2 Å². The summed E-state index contributed by atoms with van der Waals surface area (Å²) >= 11 is 0. The molecule has 2 unspecified atom stereocenters. The number of nitrogens with one attached hydrogen (secondary N) is 2. The minimum absolute atomic E-state index is 0.0000869. The SMILES string of the molecule is C=C(C)C(=O)OCCOC(=O)Nc1ccc(C(C(C)C)C(C(C)C)C(C)C)cc1.C=CC(=O)OCCOC(=O)Nc1ccc(C(C(C)C)C(C(C)C)C(C)C)cc1. The van der Waals surface area contributed by atoms with Crippen molar-refractivity contribution in [1.29, 1.82) is 0 Å². The first-order valence-corrected chi connectivity index (χ1v) is 20.4. The summed E-state index contributed by atoms with van der Waals surface area (Å²) in [6.45, 7) is 35.7. The Morgan fingerprint density at radius 3 is 1.12 bits per heavy atom. The average Bonchev–Trinajstić information content (AvgIpc) is 3.12. The van der Waals surface area contributed by atoms with Gasteiger partial charge in [0.05, 0.1) is 0 Å². The molecule has 57 heavy (non-hydrogen) atoms. The zero-order valence-electron chi connectivity index (χ0n) is 37.0. The van der Waals surface area contributed by atoms with Gasteiger partial charge in [-0.3, -0.25) is 10.6 Å². The van der Waals surface area contributed by atoms with E-state index in [0.717, 1.165) is 6.08 Å². The highest BCUT2D eigenvalue weighted by Crippen LogP contribution is 2.42. The Morgan fingerprint density at radius 1 is 0.526 bits per heavy atom. The van der Waals surface area contributed by atoms with Gasteiger partial charge in [-0.2, -0.15) is 0 Å². The molecular formula is C47H72N2O8. The molecule has 2 aromatic rings. The molecule has 2 amide bonds. The number of hydrogen-bond donors (Lipinski definition) is 2. The molecule has 10 nitrogen and oxygen atoms in total. The molecule has 2 N–H and O–H groups in total. The van der Waals surface area contributed by atoms with Crippen molar-refractivity contribution in [3.63, 3.8) is 0 Å². The normalized spacial score (nSPS) is 12.4. The lowest BCUT2D eigenvalue weighted by Crippen LogP contribution is -2.27. The van der Waals surface area contributed by atoms with Crippen molar-refractivity contribution in [2.24, 2.45) is 47.3 Å². The Kier molecular flexibility index (Phi) is 22.7. The third-order valence-electron chi connectivity index (χ3n) is 10.1. The van der Waals surface area contributed by atoms with Crippen molar-refractivity contribution in [1.82, 2.24) is 0 Å². The predicted octanol–water partition coefficient (Wildman–Crippen LogP) is 11.7. The van der Waals surface area contributed by atoms with Gasteiger partial charge in [-0.1, -0.05) is 121 Å². The summed E-state index contributed by atoms with van der Waals surface area (Å²) in [5, 5.41) is 5.40. The second-order valence-electron chi connectivity index (χ2n) is 16.7. The van der Waals surface area contributed by atoms with Gasteiger partial charge in [0, 0.05) is 23.0 Å². The topological polar surface area (TPSA) is 129 Å². The van der Waals surface area contributed by atoms with Gasteiger partial charge in [0.2, 0.25) is 0 Å². The van der Waals surface area contributed by atoms with Crippen LogP contribution in [0, 0.1) is 47.3 Å². The van der Waals surface area contributed by atoms with Crippen molar-refractivity contribution < 1.29 is 38.1 Å². The van der Waals surface area contributed by atoms with Crippen LogP contribution in [0.4, 0.5) is 21.0 Å². The largest absolute Gasteiger partial charge is 0.459 e. The number of carbonyl (C=O) groups excluding carboxylic acids is 4. The third-order valence-corrected chi connectivity index (χ3v) is 10.1. The van der Waals surface area contributed by atoms with Crippen LogP contribution in [0.25, 0.3) is 0 Å². The van der Waals surface area contributed by atoms with Gasteiger partial charge in [-0.25, -0.2) is 19.2 Å². The van der Waals surface area contributed by atoms with Crippen LogP contribution in [0.3, 0.4) is 0 Å². The quantitative estimate of drug-likeness (QED) is 0.0587. The molecule has 0 aliphatic rings. The van der Waals surface area contributed by atoms with Gasteiger partial charge in [0.15, 0.2) is 0 Å². The lowest BCUT2D eigenvalue weighted by atomic mass is 9.68. The minimum Gasteiger partial charge on any atom is -0.459 e. The van der Waals surface area contributed by atoms with E-state index in [-0.39, 0.29) is 26.4 Å². The van der Waals surface area contributed by atoms with Gasteiger partial charge < -0.3 is 18.9 Å². The number of amides is 2. The van der Waals surface area contributed by atoms with E-state index in [2.05, 4.69) is 131 Å². The van der Waals surface area contributed by atoms with Gasteiger partial charge >= 0.3 is 24.1 Å². The van der Waals surface area contributed by atoms with Crippen LogP contribution in [-0.4, -0.2) is 50.6 Å². The molecule has 2 rings (SSSR count). The molecule has 0 bridgehead atoms. The summed E-state index contributed by atoms with van der Waals surface area (Å²) < 4.78 is 19.7. The Balaban J connectivity index is 0.000000570. The van der Waals surface area contributed by atoms with Crippen molar-refractivity contribution in [2.45, 2.75) is 102 Å². The number of esters is 2. The number of ether oxygens (including phenoxy) is 4. The lowest BCUT2D eigenvalue weighted by Gasteiger charge is -2.36. The Morgan fingerprint density at radius 2 is 0.842 bits per heavy atom. The number of benzene rings is 2. The maximum Gasteiger partial charge on any atom is 0.411 e. The van der Waals surface area contributed by atoms with Crippen LogP contribution in [0.15, 0.2) is 73.3 Å². The molecule has 0 spiro atoms. The highest BCUT2D eigenvalue weighted by Gasteiger charge is 2.32. The number of rotatable bonds is 20. The molecule has 0 saturated heterocycles. The summed E-state index contributed by atoms with van der Waals surface area (Å²) in [6, 6.07) is 16.0. The van der Waals surface area contributed by atoms with Gasteiger partial charge in [-0.15, -0.1) is 0 Å². The smallest absolute Gasteiger partial charge is 0.411 e. The molecule has 0 aliphatic heterocycles. The van der Waals surface area contributed by atoms with E-state index in [1.54, 1.807) is 6.92 Å². The van der Waals surface area contributed by atoms with Crippen LogP contribution in [0.1, 0.15) is 113 Å². The molecule has 0 aromatic heterocycles. The third kappa shape index (κ3) is 18.0. The van der Waals surface area contributed by atoms with Crippen LogP contribution in [-0.2, 0) is 28.5 Å². The standard InChI is InChI=1S/C24H37NO4.C23H35NO4/c1-15(2)21(16(3)4)22(17(5)6)19-9-11-20(12-10-19)25-24(27)29-14-13-28-23(26)18(7)8;1-8-20(25)27-13-14-28-23(26)24-19-11-9-18(10-12-19)22(17(6)7)21(15(2)3)16(4)5/h9-12,15-17,21-22H,7,13-14H2,1-6,8H3,(H,25,27);8-12,15-17,21-22H,1,13-14H2,2-7H3,(H,24,26). The lowest BCUT2D eigenvalue weighted by molar-refractivity contribution is -0.140. The van der Waals surface area contributed by atoms with E-state index >= 15 is 0 Å². The summed E-state index contributed by atoms with van der Waals surface area (Å²) in [5.74, 6) is 4.47. The van der Waals surface area contributed by atoms with Crippen LogP contribution >= 0.6 is 0 Å². The fourth-order valence-electron chi connectivity index (χ4n) is 7.91. The summed E-state index contributed by atoms with van der Waals surface area (Å²) in [5.41, 5.74) is 4.23. The fourth-order valence-corrected chi connectivity index (χ4v) is 7.91. The molecular weight excluding hydrogens is 721 g/mol. The summed E-state index contributed by atoms with van der Waals surface area (Å²) in [7, 11) is 0. The molecule has 10 heteroatoms. The molecule has 2 aromatic carbocycles. The summed E-state index contributed by atoms with van der Waals surface area (Å²) in [6.07, 6.45) is -0.0911. The van der Waals surface area contributed by atoms with Crippen molar-refractivity contribution >= 4 is 35.5 Å².